The van der Waals surface area contributed by atoms with Crippen molar-refractivity contribution in [1.29, 1.82) is 0 Å². The maximum atomic E-state index is 11.9. The molecule has 0 bridgehead atoms. The highest BCUT2D eigenvalue weighted by atomic mass is 32.1. The molecule has 0 fully saturated rings. The van der Waals surface area contributed by atoms with Crippen LogP contribution in [0.15, 0.2) is 29.9 Å². The van der Waals surface area contributed by atoms with Crippen molar-refractivity contribution in [1.82, 2.24) is 15.3 Å². The molecule has 2 aromatic heterocycles. The number of carbonyl (C=O) groups is 1. The molecule has 0 saturated heterocycles. The minimum Gasteiger partial charge on any atom is -0.348 e. The van der Waals surface area contributed by atoms with Gasteiger partial charge < -0.3 is 10.6 Å². The summed E-state index contributed by atoms with van der Waals surface area (Å²) in [7, 11) is 0. The lowest BCUT2D eigenvalue weighted by atomic mass is 10.2. The van der Waals surface area contributed by atoms with Gasteiger partial charge in [0.05, 0.1) is 11.9 Å². The quantitative estimate of drug-likeness (QED) is 0.881. The number of nitrogens with zero attached hydrogens (tertiary/aromatic N) is 2. The number of hydrogen-bond acceptors (Lipinski definition) is 5. The van der Waals surface area contributed by atoms with E-state index in [-0.39, 0.29) is 11.9 Å². The van der Waals surface area contributed by atoms with Gasteiger partial charge in [-0.2, -0.15) is 0 Å². The van der Waals surface area contributed by atoms with E-state index in [1.54, 1.807) is 17.8 Å². The first-order valence-electron chi connectivity index (χ1n) is 6.12. The Balaban J connectivity index is 2.01. The highest BCUT2D eigenvalue weighted by Crippen LogP contribution is 2.20. The number of pyridine rings is 1. The number of rotatable bonds is 5. The first kappa shape index (κ1) is 13.5. The molecule has 1 unspecified atom stereocenters. The molecule has 0 aliphatic rings. The molecule has 0 spiro atoms. The molecular weight excluding hydrogens is 260 g/mol. The van der Waals surface area contributed by atoms with Gasteiger partial charge in [0, 0.05) is 17.6 Å². The van der Waals surface area contributed by atoms with Crippen LogP contribution in [-0.2, 0) is 0 Å². The zero-order valence-electron chi connectivity index (χ0n) is 10.9. The van der Waals surface area contributed by atoms with Crippen molar-refractivity contribution < 1.29 is 4.79 Å². The number of hydrogen-bond donors (Lipinski definition) is 2. The number of carbonyl (C=O) groups excluding carboxylic acids is 1. The molecular formula is C13H16N4OS. The lowest BCUT2D eigenvalue weighted by Gasteiger charge is -2.09. The molecule has 6 heteroatoms. The fraction of sp³-hybridized carbons (Fsp3) is 0.308. The highest BCUT2D eigenvalue weighted by molar-refractivity contribution is 7.14. The summed E-state index contributed by atoms with van der Waals surface area (Å²) in [5, 5.41) is 8.43. The van der Waals surface area contributed by atoms with Gasteiger partial charge in [0.2, 0.25) is 0 Å². The Morgan fingerprint density at radius 1 is 1.53 bits per heavy atom. The summed E-state index contributed by atoms with van der Waals surface area (Å²) in [5.41, 5.74) is 1.29. The molecule has 19 heavy (non-hydrogen) atoms. The van der Waals surface area contributed by atoms with E-state index in [4.69, 9.17) is 0 Å². The fourth-order valence-corrected chi connectivity index (χ4v) is 2.11. The molecule has 1 atom stereocenters. The smallest absolute Gasteiger partial charge is 0.271 e. The first-order chi connectivity index (χ1) is 9.19. The van der Waals surface area contributed by atoms with E-state index in [1.165, 1.54) is 11.3 Å². The number of amides is 1. The van der Waals surface area contributed by atoms with Crippen LogP contribution in [-0.4, -0.2) is 21.9 Å². The van der Waals surface area contributed by atoms with E-state index in [9.17, 15) is 4.79 Å². The summed E-state index contributed by atoms with van der Waals surface area (Å²) in [5.74, 6) is -0.134. The van der Waals surface area contributed by atoms with E-state index in [0.717, 1.165) is 12.1 Å². The van der Waals surface area contributed by atoms with E-state index in [0.29, 0.717) is 10.8 Å². The Morgan fingerprint density at radius 2 is 2.37 bits per heavy atom. The van der Waals surface area contributed by atoms with Crippen molar-refractivity contribution in [2.45, 2.75) is 26.3 Å². The Labute approximate surface area is 116 Å². The van der Waals surface area contributed by atoms with Crippen LogP contribution in [0.2, 0.25) is 0 Å². The van der Waals surface area contributed by atoms with E-state index >= 15 is 0 Å². The molecule has 0 radical (unpaired) electrons. The van der Waals surface area contributed by atoms with Crippen LogP contribution in [0.25, 0.3) is 0 Å². The average molecular weight is 276 g/mol. The third-order valence-electron chi connectivity index (χ3n) is 2.64. The molecule has 100 valence electrons. The topological polar surface area (TPSA) is 66.9 Å². The van der Waals surface area contributed by atoms with Crippen LogP contribution in [0.5, 0.6) is 0 Å². The number of aromatic nitrogens is 2. The molecule has 2 heterocycles. The standard InChI is InChI=1S/C13H16N4OS/c1-3-9(2)15-12(18)11-8-19-13(17-11)16-10-5-4-6-14-7-10/h4-9H,3H2,1-2H3,(H,15,18)(H,16,17). The highest BCUT2D eigenvalue weighted by Gasteiger charge is 2.12. The van der Waals surface area contributed by atoms with Gasteiger partial charge in [-0.05, 0) is 25.5 Å². The van der Waals surface area contributed by atoms with Crippen LogP contribution < -0.4 is 10.6 Å². The van der Waals surface area contributed by atoms with Crippen molar-refractivity contribution in [3.63, 3.8) is 0 Å². The number of thiazole rings is 1. The van der Waals surface area contributed by atoms with Crippen molar-refractivity contribution >= 4 is 28.1 Å². The van der Waals surface area contributed by atoms with Crippen LogP contribution in [0.4, 0.5) is 10.8 Å². The zero-order valence-corrected chi connectivity index (χ0v) is 11.7. The molecule has 5 nitrogen and oxygen atoms in total. The Morgan fingerprint density at radius 3 is 3.05 bits per heavy atom. The van der Waals surface area contributed by atoms with Gasteiger partial charge in [0.25, 0.3) is 5.91 Å². The maximum absolute atomic E-state index is 11.9. The SMILES string of the molecule is CCC(C)NC(=O)c1csc(Nc2cccnc2)n1. The predicted octanol–water partition coefficient (Wildman–Crippen LogP) is 2.81. The lowest BCUT2D eigenvalue weighted by molar-refractivity contribution is 0.0935. The third-order valence-corrected chi connectivity index (χ3v) is 3.40. The maximum Gasteiger partial charge on any atom is 0.271 e. The van der Waals surface area contributed by atoms with Gasteiger partial charge in [-0.3, -0.25) is 9.78 Å². The summed E-state index contributed by atoms with van der Waals surface area (Å²) in [4.78, 5) is 20.1. The van der Waals surface area contributed by atoms with Gasteiger partial charge in [-0.1, -0.05) is 6.92 Å². The van der Waals surface area contributed by atoms with Gasteiger partial charge in [-0.25, -0.2) is 4.98 Å². The molecule has 0 saturated carbocycles. The number of anilines is 2. The van der Waals surface area contributed by atoms with Crippen molar-refractivity contribution in [3.8, 4) is 0 Å². The second kappa shape index (κ2) is 6.29. The largest absolute Gasteiger partial charge is 0.348 e. The molecule has 2 N–H and O–H groups in total. The minimum absolute atomic E-state index is 0.134. The molecule has 2 aromatic rings. The van der Waals surface area contributed by atoms with Crippen LogP contribution in [0, 0.1) is 0 Å². The van der Waals surface area contributed by atoms with Gasteiger partial charge in [0.15, 0.2) is 5.13 Å². The Bertz CT molecular complexity index is 541. The third kappa shape index (κ3) is 3.75. The normalized spacial score (nSPS) is 11.9. The van der Waals surface area contributed by atoms with Crippen LogP contribution in [0.3, 0.4) is 0 Å². The lowest BCUT2D eigenvalue weighted by Crippen LogP contribution is -2.32. The van der Waals surface area contributed by atoms with E-state index in [2.05, 4.69) is 20.6 Å². The summed E-state index contributed by atoms with van der Waals surface area (Å²) < 4.78 is 0. The Kier molecular flexibility index (Phi) is 4.46. The van der Waals surface area contributed by atoms with Gasteiger partial charge in [-0.15, -0.1) is 11.3 Å². The number of nitrogens with one attached hydrogen (secondary N) is 2. The minimum atomic E-state index is -0.134. The average Bonchev–Trinajstić information content (AvgIpc) is 2.88. The molecule has 1 amide bonds. The zero-order chi connectivity index (χ0) is 13.7. The second-order valence-corrected chi connectivity index (χ2v) is 5.05. The summed E-state index contributed by atoms with van der Waals surface area (Å²) in [6.45, 7) is 4.00. The van der Waals surface area contributed by atoms with Crippen molar-refractivity contribution in [2.75, 3.05) is 5.32 Å². The fourth-order valence-electron chi connectivity index (χ4n) is 1.40. The van der Waals surface area contributed by atoms with Crippen molar-refractivity contribution in [2.24, 2.45) is 0 Å². The Hall–Kier alpha value is -1.95. The van der Waals surface area contributed by atoms with E-state index in [1.807, 2.05) is 26.0 Å². The predicted molar refractivity (Wildman–Crippen MR) is 76.9 cm³/mol. The van der Waals surface area contributed by atoms with Crippen LogP contribution >= 0.6 is 11.3 Å². The molecule has 0 aliphatic heterocycles. The second-order valence-electron chi connectivity index (χ2n) is 4.19. The summed E-state index contributed by atoms with van der Waals surface area (Å²) in [6.07, 6.45) is 4.31. The summed E-state index contributed by atoms with van der Waals surface area (Å²) >= 11 is 1.40. The monoisotopic (exact) mass is 276 g/mol. The summed E-state index contributed by atoms with van der Waals surface area (Å²) in [6, 6.07) is 3.89. The van der Waals surface area contributed by atoms with Crippen LogP contribution in [0.1, 0.15) is 30.8 Å². The van der Waals surface area contributed by atoms with E-state index < -0.39 is 0 Å². The molecule has 0 aliphatic carbocycles. The molecule has 2 rings (SSSR count). The first-order valence-corrected chi connectivity index (χ1v) is 7.00. The van der Waals surface area contributed by atoms with Gasteiger partial charge in [0.1, 0.15) is 5.69 Å². The van der Waals surface area contributed by atoms with Gasteiger partial charge >= 0.3 is 0 Å². The van der Waals surface area contributed by atoms with Crippen molar-refractivity contribution in [3.05, 3.63) is 35.6 Å². The molecule has 0 aromatic carbocycles.